The molecule has 0 saturated heterocycles. The Labute approximate surface area is 82.9 Å². The summed E-state index contributed by atoms with van der Waals surface area (Å²) < 4.78 is 2.25. The van der Waals surface area contributed by atoms with Crippen molar-refractivity contribution in [2.75, 3.05) is 0 Å². The van der Waals surface area contributed by atoms with Gasteiger partial charge in [-0.2, -0.15) is 0 Å². The molecule has 4 heteroatoms. The molecule has 0 fully saturated rings. The quantitative estimate of drug-likeness (QED) is 0.624. The highest BCUT2D eigenvalue weighted by molar-refractivity contribution is 7.78. The molecule has 1 rings (SSSR count). The number of rotatable bonds is 2. The fourth-order valence-corrected chi connectivity index (χ4v) is 1.13. The van der Waals surface area contributed by atoms with Crippen molar-refractivity contribution in [2.45, 2.75) is 13.0 Å². The molecule has 3 nitrogen and oxygen atoms in total. The summed E-state index contributed by atoms with van der Waals surface area (Å²) in [6, 6.07) is 7.12. The van der Waals surface area contributed by atoms with Gasteiger partial charge in [0.2, 0.25) is 0 Å². The van der Waals surface area contributed by atoms with E-state index in [-0.39, 0.29) is 11.9 Å². The molecular weight excluding hydrogens is 184 g/mol. The molecule has 1 amide bonds. The van der Waals surface area contributed by atoms with Crippen LogP contribution in [0.4, 0.5) is 0 Å². The first kappa shape index (κ1) is 10.1. The molecule has 0 aliphatic carbocycles. The summed E-state index contributed by atoms with van der Waals surface area (Å²) >= 11 is 3.67. The Hall–Kier alpha value is -1.00. The minimum Gasteiger partial charge on any atom is -0.324 e. The lowest BCUT2D eigenvalue weighted by Crippen LogP contribution is -2.13. The van der Waals surface area contributed by atoms with Crippen LogP contribution in [0.3, 0.4) is 0 Å². The van der Waals surface area contributed by atoms with E-state index in [1.807, 2.05) is 19.1 Å². The van der Waals surface area contributed by atoms with Gasteiger partial charge in [-0.3, -0.25) is 9.52 Å². The SMILES string of the molecule is CC(N)c1ccc(C(=O)NS)cc1. The summed E-state index contributed by atoms with van der Waals surface area (Å²) in [5.74, 6) is -0.209. The summed E-state index contributed by atoms with van der Waals surface area (Å²) in [6.07, 6.45) is 0. The second kappa shape index (κ2) is 4.30. The van der Waals surface area contributed by atoms with Gasteiger partial charge in [0.15, 0.2) is 0 Å². The molecule has 13 heavy (non-hydrogen) atoms. The van der Waals surface area contributed by atoms with Crippen molar-refractivity contribution in [3.05, 3.63) is 35.4 Å². The number of hydrogen-bond acceptors (Lipinski definition) is 3. The summed E-state index contributed by atoms with van der Waals surface area (Å²) in [5.41, 5.74) is 7.25. The molecule has 0 aromatic heterocycles. The van der Waals surface area contributed by atoms with Crippen molar-refractivity contribution in [3.63, 3.8) is 0 Å². The number of hydrogen-bond donors (Lipinski definition) is 3. The van der Waals surface area contributed by atoms with Crippen molar-refractivity contribution < 1.29 is 4.79 Å². The van der Waals surface area contributed by atoms with Gasteiger partial charge in [0.1, 0.15) is 0 Å². The fraction of sp³-hybridized carbons (Fsp3) is 0.222. The monoisotopic (exact) mass is 196 g/mol. The second-order valence-corrected chi connectivity index (χ2v) is 3.08. The van der Waals surface area contributed by atoms with E-state index >= 15 is 0 Å². The van der Waals surface area contributed by atoms with Gasteiger partial charge < -0.3 is 5.73 Å². The first-order valence-corrected chi connectivity index (χ1v) is 4.40. The number of carbonyl (C=O) groups excluding carboxylic acids is 1. The summed E-state index contributed by atoms with van der Waals surface area (Å²) in [5, 5.41) is 0. The molecule has 70 valence electrons. The lowest BCUT2D eigenvalue weighted by atomic mass is 10.1. The molecular formula is C9H12N2OS. The predicted octanol–water partition coefficient (Wildman–Crippen LogP) is 1.28. The minimum atomic E-state index is -0.209. The van der Waals surface area contributed by atoms with Crippen molar-refractivity contribution in [3.8, 4) is 0 Å². The van der Waals surface area contributed by atoms with Crippen LogP contribution in [-0.2, 0) is 0 Å². The smallest absolute Gasteiger partial charge is 0.260 e. The third-order valence-electron chi connectivity index (χ3n) is 1.80. The first-order valence-electron chi connectivity index (χ1n) is 3.95. The van der Waals surface area contributed by atoms with E-state index in [2.05, 4.69) is 17.5 Å². The highest BCUT2D eigenvalue weighted by Gasteiger charge is 2.03. The molecule has 0 spiro atoms. The van der Waals surface area contributed by atoms with Crippen molar-refractivity contribution in [1.29, 1.82) is 0 Å². The van der Waals surface area contributed by atoms with Gasteiger partial charge in [-0.15, -0.1) is 0 Å². The van der Waals surface area contributed by atoms with Crippen molar-refractivity contribution in [1.82, 2.24) is 4.72 Å². The molecule has 0 saturated carbocycles. The molecule has 1 unspecified atom stereocenters. The zero-order valence-corrected chi connectivity index (χ0v) is 8.21. The fourth-order valence-electron chi connectivity index (χ4n) is 1.00. The number of nitrogens with one attached hydrogen (secondary N) is 1. The molecule has 0 aliphatic heterocycles. The zero-order chi connectivity index (χ0) is 9.84. The van der Waals surface area contributed by atoms with Crippen LogP contribution in [-0.4, -0.2) is 5.91 Å². The van der Waals surface area contributed by atoms with Crippen molar-refractivity contribution >= 4 is 18.7 Å². The molecule has 1 aromatic rings. The highest BCUT2D eigenvalue weighted by Crippen LogP contribution is 2.10. The maximum Gasteiger partial charge on any atom is 0.260 e. The summed E-state index contributed by atoms with van der Waals surface area (Å²) in [6.45, 7) is 1.90. The number of thiol groups is 1. The maximum absolute atomic E-state index is 11.1. The Kier molecular flexibility index (Phi) is 3.33. The van der Waals surface area contributed by atoms with Crippen LogP contribution in [0.2, 0.25) is 0 Å². The van der Waals surface area contributed by atoms with E-state index in [9.17, 15) is 4.79 Å². The number of amides is 1. The molecule has 0 bridgehead atoms. The van der Waals surface area contributed by atoms with Crippen LogP contribution in [0, 0.1) is 0 Å². The van der Waals surface area contributed by atoms with Crippen LogP contribution < -0.4 is 10.5 Å². The Balaban J connectivity index is 2.87. The molecule has 0 aliphatic rings. The Bertz CT molecular complexity index is 295. The lowest BCUT2D eigenvalue weighted by molar-refractivity contribution is 0.0985. The van der Waals surface area contributed by atoms with Gasteiger partial charge in [-0.1, -0.05) is 24.9 Å². The molecule has 0 radical (unpaired) electrons. The average molecular weight is 196 g/mol. The number of nitrogens with two attached hydrogens (primary N) is 1. The van der Waals surface area contributed by atoms with E-state index < -0.39 is 0 Å². The Morgan fingerprint density at radius 3 is 2.38 bits per heavy atom. The normalized spacial score (nSPS) is 12.2. The largest absolute Gasteiger partial charge is 0.324 e. The Morgan fingerprint density at radius 2 is 2.00 bits per heavy atom. The second-order valence-electron chi connectivity index (χ2n) is 2.85. The van der Waals surface area contributed by atoms with Gasteiger partial charge in [0.05, 0.1) is 0 Å². The third kappa shape index (κ3) is 2.47. The molecule has 1 atom stereocenters. The molecule has 1 aromatic carbocycles. The van der Waals surface area contributed by atoms with Gasteiger partial charge in [-0.05, 0) is 24.6 Å². The lowest BCUT2D eigenvalue weighted by Gasteiger charge is -2.05. The third-order valence-corrected chi connectivity index (χ3v) is 2.00. The van der Waals surface area contributed by atoms with E-state index in [0.29, 0.717) is 5.56 Å². The van der Waals surface area contributed by atoms with E-state index in [1.54, 1.807) is 12.1 Å². The van der Waals surface area contributed by atoms with Crippen LogP contribution >= 0.6 is 12.8 Å². The topological polar surface area (TPSA) is 55.1 Å². The van der Waals surface area contributed by atoms with E-state index in [4.69, 9.17) is 5.73 Å². The van der Waals surface area contributed by atoms with Crippen LogP contribution in [0.25, 0.3) is 0 Å². The summed E-state index contributed by atoms with van der Waals surface area (Å²) in [7, 11) is 0. The van der Waals surface area contributed by atoms with Crippen LogP contribution in [0.1, 0.15) is 28.9 Å². The predicted molar refractivity (Wildman–Crippen MR) is 55.5 cm³/mol. The maximum atomic E-state index is 11.1. The van der Waals surface area contributed by atoms with Crippen LogP contribution in [0.15, 0.2) is 24.3 Å². The van der Waals surface area contributed by atoms with Gasteiger partial charge in [0.25, 0.3) is 5.91 Å². The first-order chi connectivity index (χ1) is 6.15. The Morgan fingerprint density at radius 1 is 1.46 bits per heavy atom. The molecule has 0 heterocycles. The average Bonchev–Trinajstić information content (AvgIpc) is 2.17. The van der Waals surface area contributed by atoms with Gasteiger partial charge in [-0.25, -0.2) is 0 Å². The zero-order valence-electron chi connectivity index (χ0n) is 7.32. The van der Waals surface area contributed by atoms with E-state index in [0.717, 1.165) is 5.56 Å². The summed E-state index contributed by atoms with van der Waals surface area (Å²) in [4.78, 5) is 11.1. The van der Waals surface area contributed by atoms with Crippen LogP contribution in [0.5, 0.6) is 0 Å². The highest BCUT2D eigenvalue weighted by atomic mass is 32.1. The number of carbonyl (C=O) groups is 1. The van der Waals surface area contributed by atoms with Gasteiger partial charge >= 0.3 is 0 Å². The standard InChI is InChI=1S/C9H12N2OS/c1-6(10)7-2-4-8(5-3-7)9(12)11-13/h2-6,13H,10H2,1H3,(H,11,12). The minimum absolute atomic E-state index is 0.00638. The van der Waals surface area contributed by atoms with Crippen molar-refractivity contribution in [2.24, 2.45) is 5.73 Å². The number of benzene rings is 1. The van der Waals surface area contributed by atoms with Gasteiger partial charge in [0, 0.05) is 11.6 Å². The molecule has 3 N–H and O–H groups in total. The van der Waals surface area contributed by atoms with E-state index in [1.165, 1.54) is 0 Å².